The summed E-state index contributed by atoms with van der Waals surface area (Å²) in [6.07, 6.45) is 0.891. The lowest BCUT2D eigenvalue weighted by atomic mass is 9.76. The molecule has 0 amide bonds. The summed E-state index contributed by atoms with van der Waals surface area (Å²) < 4.78 is 0. The first-order chi connectivity index (χ1) is 5.60. The second-order valence-corrected chi connectivity index (χ2v) is 3.85. The summed E-state index contributed by atoms with van der Waals surface area (Å²) in [4.78, 5) is 0. The lowest BCUT2D eigenvalue weighted by Gasteiger charge is -2.37. The Morgan fingerprint density at radius 2 is 2.33 bits per heavy atom. The SMILES string of the molecule is CC(C)C1CCNCC1(O)C#N. The second-order valence-electron chi connectivity index (χ2n) is 3.85. The molecule has 0 aromatic rings. The Bertz CT molecular complexity index is 197. The van der Waals surface area contributed by atoms with Gasteiger partial charge in [0.1, 0.15) is 0 Å². The molecule has 1 heterocycles. The quantitative estimate of drug-likeness (QED) is 0.561. The number of nitrogens with zero attached hydrogens (tertiary/aromatic N) is 1. The number of hydrogen-bond donors (Lipinski definition) is 2. The second kappa shape index (κ2) is 3.42. The monoisotopic (exact) mass is 168 g/mol. The van der Waals surface area contributed by atoms with Gasteiger partial charge in [0.05, 0.1) is 6.07 Å². The van der Waals surface area contributed by atoms with Crippen LogP contribution in [0.2, 0.25) is 0 Å². The van der Waals surface area contributed by atoms with Crippen molar-refractivity contribution >= 4 is 0 Å². The Balaban J connectivity index is 2.75. The zero-order valence-electron chi connectivity index (χ0n) is 7.67. The van der Waals surface area contributed by atoms with Crippen molar-refractivity contribution in [2.24, 2.45) is 11.8 Å². The van der Waals surface area contributed by atoms with Gasteiger partial charge in [-0.2, -0.15) is 5.26 Å². The maximum absolute atomic E-state index is 9.89. The van der Waals surface area contributed by atoms with Crippen LogP contribution in [-0.4, -0.2) is 23.8 Å². The number of aliphatic hydroxyl groups is 1. The molecule has 2 unspecified atom stereocenters. The van der Waals surface area contributed by atoms with Crippen LogP contribution < -0.4 is 5.32 Å². The van der Waals surface area contributed by atoms with E-state index >= 15 is 0 Å². The minimum Gasteiger partial charge on any atom is -0.374 e. The van der Waals surface area contributed by atoms with Crippen molar-refractivity contribution in [2.75, 3.05) is 13.1 Å². The predicted molar refractivity (Wildman–Crippen MR) is 46.4 cm³/mol. The number of piperidine rings is 1. The molecular weight excluding hydrogens is 152 g/mol. The molecule has 68 valence electrons. The number of rotatable bonds is 1. The third-order valence-corrected chi connectivity index (χ3v) is 2.64. The zero-order chi connectivity index (χ0) is 9.19. The van der Waals surface area contributed by atoms with Gasteiger partial charge in [0.15, 0.2) is 5.60 Å². The molecule has 2 N–H and O–H groups in total. The molecule has 3 nitrogen and oxygen atoms in total. The van der Waals surface area contributed by atoms with Gasteiger partial charge in [-0.3, -0.25) is 0 Å². The molecule has 0 aromatic heterocycles. The van der Waals surface area contributed by atoms with Gasteiger partial charge in [-0.25, -0.2) is 0 Å². The van der Waals surface area contributed by atoms with Crippen molar-refractivity contribution in [1.29, 1.82) is 5.26 Å². The molecule has 12 heavy (non-hydrogen) atoms. The Morgan fingerprint density at radius 3 is 2.75 bits per heavy atom. The van der Waals surface area contributed by atoms with Crippen LogP contribution >= 0.6 is 0 Å². The van der Waals surface area contributed by atoms with E-state index in [1.54, 1.807) is 0 Å². The molecule has 0 radical (unpaired) electrons. The van der Waals surface area contributed by atoms with E-state index < -0.39 is 5.60 Å². The largest absolute Gasteiger partial charge is 0.374 e. The highest BCUT2D eigenvalue weighted by Crippen LogP contribution is 2.29. The Hall–Kier alpha value is -0.590. The van der Waals surface area contributed by atoms with Crippen LogP contribution in [0.1, 0.15) is 20.3 Å². The van der Waals surface area contributed by atoms with Gasteiger partial charge in [-0.1, -0.05) is 13.8 Å². The van der Waals surface area contributed by atoms with E-state index in [4.69, 9.17) is 5.26 Å². The predicted octanol–water partition coefficient (Wildman–Crippen LogP) is 0.507. The van der Waals surface area contributed by atoms with E-state index in [9.17, 15) is 5.11 Å². The van der Waals surface area contributed by atoms with Crippen molar-refractivity contribution < 1.29 is 5.11 Å². The highest BCUT2D eigenvalue weighted by molar-refractivity contribution is 5.08. The molecule has 0 aromatic carbocycles. The van der Waals surface area contributed by atoms with Gasteiger partial charge in [0.25, 0.3) is 0 Å². The van der Waals surface area contributed by atoms with E-state index in [0.717, 1.165) is 13.0 Å². The van der Waals surface area contributed by atoms with Crippen LogP contribution in [0.15, 0.2) is 0 Å². The van der Waals surface area contributed by atoms with Gasteiger partial charge in [0.2, 0.25) is 0 Å². The van der Waals surface area contributed by atoms with E-state index in [0.29, 0.717) is 12.5 Å². The fraction of sp³-hybridized carbons (Fsp3) is 0.889. The molecule has 1 aliphatic rings. The number of hydrogen-bond acceptors (Lipinski definition) is 3. The van der Waals surface area contributed by atoms with Crippen LogP contribution in [-0.2, 0) is 0 Å². The topological polar surface area (TPSA) is 56.0 Å². The zero-order valence-corrected chi connectivity index (χ0v) is 7.67. The summed E-state index contributed by atoms with van der Waals surface area (Å²) in [6, 6.07) is 2.00. The fourth-order valence-electron chi connectivity index (χ4n) is 1.91. The molecule has 0 bridgehead atoms. The van der Waals surface area contributed by atoms with Crippen molar-refractivity contribution in [3.63, 3.8) is 0 Å². The standard InChI is InChI=1S/C9H16N2O/c1-7(2)8-3-4-11-6-9(8,12)5-10/h7-8,11-12H,3-4,6H2,1-2H3. The molecule has 1 aliphatic heterocycles. The van der Waals surface area contributed by atoms with Crippen molar-refractivity contribution in [3.05, 3.63) is 0 Å². The molecule has 1 rings (SSSR count). The van der Waals surface area contributed by atoms with Crippen LogP contribution in [0.25, 0.3) is 0 Å². The van der Waals surface area contributed by atoms with E-state index in [2.05, 4.69) is 19.2 Å². The van der Waals surface area contributed by atoms with E-state index in [1.807, 2.05) is 6.07 Å². The third-order valence-electron chi connectivity index (χ3n) is 2.64. The molecule has 1 fully saturated rings. The normalized spacial score (nSPS) is 36.4. The average Bonchev–Trinajstić information content (AvgIpc) is 2.05. The summed E-state index contributed by atoms with van der Waals surface area (Å²) in [7, 11) is 0. The minimum absolute atomic E-state index is 0.115. The van der Waals surface area contributed by atoms with E-state index in [1.165, 1.54) is 0 Å². The average molecular weight is 168 g/mol. The first-order valence-corrected chi connectivity index (χ1v) is 4.44. The lowest BCUT2D eigenvalue weighted by Crippen LogP contribution is -2.52. The highest BCUT2D eigenvalue weighted by Gasteiger charge is 2.40. The van der Waals surface area contributed by atoms with Gasteiger partial charge in [0, 0.05) is 12.5 Å². The van der Waals surface area contributed by atoms with Crippen molar-refractivity contribution in [3.8, 4) is 6.07 Å². The Labute approximate surface area is 73.4 Å². The summed E-state index contributed by atoms with van der Waals surface area (Å²) in [6.45, 7) is 5.43. The van der Waals surface area contributed by atoms with Crippen molar-refractivity contribution in [2.45, 2.75) is 25.9 Å². The minimum atomic E-state index is -1.15. The van der Waals surface area contributed by atoms with Gasteiger partial charge >= 0.3 is 0 Å². The molecular formula is C9H16N2O. The Kier molecular flexibility index (Phi) is 2.71. The summed E-state index contributed by atoms with van der Waals surface area (Å²) >= 11 is 0. The lowest BCUT2D eigenvalue weighted by molar-refractivity contribution is -0.00625. The number of nitrogens with one attached hydrogen (secondary N) is 1. The Morgan fingerprint density at radius 1 is 1.67 bits per heavy atom. The fourth-order valence-corrected chi connectivity index (χ4v) is 1.91. The first kappa shape index (κ1) is 9.50. The van der Waals surface area contributed by atoms with Crippen LogP contribution in [0.5, 0.6) is 0 Å². The molecule has 3 heteroatoms. The smallest absolute Gasteiger partial charge is 0.166 e. The number of nitriles is 1. The summed E-state index contributed by atoms with van der Waals surface area (Å²) in [5.41, 5.74) is -1.15. The molecule has 0 spiro atoms. The van der Waals surface area contributed by atoms with Crippen LogP contribution in [0.3, 0.4) is 0 Å². The highest BCUT2D eigenvalue weighted by atomic mass is 16.3. The summed E-state index contributed by atoms with van der Waals surface area (Å²) in [5.74, 6) is 0.487. The number of β-amino-alcohol motifs (C(OH)–C–C–N with tert-alkyl or cyclic N) is 1. The van der Waals surface area contributed by atoms with Gasteiger partial charge in [-0.05, 0) is 18.9 Å². The molecule has 2 atom stereocenters. The van der Waals surface area contributed by atoms with Gasteiger partial charge in [-0.15, -0.1) is 0 Å². The molecule has 0 aliphatic carbocycles. The van der Waals surface area contributed by atoms with Gasteiger partial charge < -0.3 is 10.4 Å². The van der Waals surface area contributed by atoms with Crippen molar-refractivity contribution in [1.82, 2.24) is 5.32 Å². The van der Waals surface area contributed by atoms with E-state index in [-0.39, 0.29) is 5.92 Å². The maximum Gasteiger partial charge on any atom is 0.166 e. The van der Waals surface area contributed by atoms with Crippen LogP contribution in [0.4, 0.5) is 0 Å². The third kappa shape index (κ3) is 1.60. The summed E-state index contributed by atoms with van der Waals surface area (Å²) in [5, 5.41) is 21.8. The maximum atomic E-state index is 9.89. The molecule has 1 saturated heterocycles. The first-order valence-electron chi connectivity index (χ1n) is 4.44. The van der Waals surface area contributed by atoms with Crippen LogP contribution in [0, 0.1) is 23.2 Å². The molecule has 0 saturated carbocycles.